The van der Waals surface area contributed by atoms with Gasteiger partial charge in [-0.1, -0.05) is 6.07 Å². The van der Waals surface area contributed by atoms with Crippen LogP contribution in [0.25, 0.3) is 0 Å². The molecule has 2 nitrogen and oxygen atoms in total. The molecule has 2 aromatic carbocycles. The molecule has 0 saturated carbocycles. The van der Waals surface area contributed by atoms with Gasteiger partial charge >= 0.3 is 0 Å². The molecule has 98 valence electrons. The van der Waals surface area contributed by atoms with Crippen molar-refractivity contribution in [3.8, 4) is 11.5 Å². The predicted octanol–water partition coefficient (Wildman–Crippen LogP) is 4.02. The minimum Gasteiger partial charge on any atom is -0.451 e. The third-order valence-electron chi connectivity index (χ3n) is 2.52. The van der Waals surface area contributed by atoms with Gasteiger partial charge in [0.1, 0.15) is 17.9 Å². The van der Waals surface area contributed by atoms with E-state index in [0.29, 0.717) is 11.8 Å². The highest BCUT2D eigenvalue weighted by Crippen LogP contribution is 2.30. The van der Waals surface area contributed by atoms with Crippen molar-refractivity contribution in [2.45, 2.75) is 6.92 Å². The van der Waals surface area contributed by atoms with Crippen molar-refractivity contribution in [3.05, 3.63) is 58.9 Å². The van der Waals surface area contributed by atoms with Crippen LogP contribution in [0.15, 0.2) is 30.3 Å². The van der Waals surface area contributed by atoms with Gasteiger partial charge in [0.2, 0.25) is 0 Å². The van der Waals surface area contributed by atoms with Crippen molar-refractivity contribution in [3.63, 3.8) is 0 Å². The van der Waals surface area contributed by atoms with E-state index in [2.05, 4.69) is 0 Å². The molecule has 0 saturated heterocycles. The Bertz CT molecular complexity index is 616. The van der Waals surface area contributed by atoms with Crippen LogP contribution in [0.4, 0.5) is 13.2 Å². The van der Waals surface area contributed by atoms with E-state index in [1.807, 2.05) is 0 Å². The monoisotopic (exact) mass is 266 g/mol. The van der Waals surface area contributed by atoms with Crippen molar-refractivity contribution >= 4 is 6.29 Å². The molecule has 0 unspecified atom stereocenters. The van der Waals surface area contributed by atoms with Crippen LogP contribution in [-0.2, 0) is 0 Å². The first-order chi connectivity index (χ1) is 9.01. The van der Waals surface area contributed by atoms with E-state index < -0.39 is 23.2 Å². The van der Waals surface area contributed by atoms with Gasteiger partial charge in [-0.15, -0.1) is 0 Å². The van der Waals surface area contributed by atoms with Crippen molar-refractivity contribution < 1.29 is 22.7 Å². The average molecular weight is 266 g/mol. The Morgan fingerprint density at radius 1 is 1.05 bits per heavy atom. The molecule has 0 fully saturated rings. The summed E-state index contributed by atoms with van der Waals surface area (Å²) in [6.45, 7) is 1.62. The Morgan fingerprint density at radius 2 is 1.68 bits per heavy atom. The molecule has 5 heteroatoms. The third-order valence-corrected chi connectivity index (χ3v) is 2.52. The highest BCUT2D eigenvalue weighted by Gasteiger charge is 2.15. The number of hydrogen-bond acceptors (Lipinski definition) is 2. The summed E-state index contributed by atoms with van der Waals surface area (Å²) in [5.41, 5.74) is 0.387. The van der Waals surface area contributed by atoms with Gasteiger partial charge in [-0.25, -0.2) is 13.2 Å². The highest BCUT2D eigenvalue weighted by molar-refractivity contribution is 5.75. The minimum atomic E-state index is -1.02. The summed E-state index contributed by atoms with van der Waals surface area (Å²) >= 11 is 0. The molecule has 0 bridgehead atoms. The van der Waals surface area contributed by atoms with Gasteiger partial charge in [0.25, 0.3) is 0 Å². The van der Waals surface area contributed by atoms with Crippen LogP contribution in [0.5, 0.6) is 11.5 Å². The smallest absolute Gasteiger partial charge is 0.198 e. The van der Waals surface area contributed by atoms with Crippen LogP contribution in [0.1, 0.15) is 15.9 Å². The van der Waals surface area contributed by atoms with Crippen molar-refractivity contribution in [2.24, 2.45) is 0 Å². The maximum Gasteiger partial charge on any atom is 0.198 e. The Morgan fingerprint density at radius 3 is 2.26 bits per heavy atom. The molecule has 0 amide bonds. The first-order valence-corrected chi connectivity index (χ1v) is 5.39. The molecule has 0 spiro atoms. The summed E-state index contributed by atoms with van der Waals surface area (Å²) in [5.74, 6) is -3.28. The lowest BCUT2D eigenvalue weighted by Crippen LogP contribution is -1.97. The van der Waals surface area contributed by atoms with Gasteiger partial charge in [0.15, 0.2) is 17.4 Å². The fourth-order valence-electron chi connectivity index (χ4n) is 1.54. The van der Waals surface area contributed by atoms with Gasteiger partial charge in [-0.3, -0.25) is 4.79 Å². The minimum absolute atomic E-state index is 0.0108. The molecule has 2 rings (SSSR count). The van der Waals surface area contributed by atoms with Crippen LogP contribution in [0, 0.1) is 24.4 Å². The molecule has 0 heterocycles. The number of ether oxygens (including phenoxy) is 1. The largest absolute Gasteiger partial charge is 0.451 e. The Hall–Kier alpha value is -2.30. The molecular weight excluding hydrogens is 257 g/mol. The van der Waals surface area contributed by atoms with E-state index in [1.54, 1.807) is 6.92 Å². The number of carbonyl (C=O) groups is 1. The average Bonchev–Trinajstić information content (AvgIpc) is 2.37. The lowest BCUT2D eigenvalue weighted by atomic mass is 10.2. The first kappa shape index (κ1) is 13.1. The second-order valence-corrected chi connectivity index (χ2v) is 3.94. The van der Waals surface area contributed by atoms with Crippen LogP contribution in [-0.4, -0.2) is 6.29 Å². The van der Waals surface area contributed by atoms with E-state index in [4.69, 9.17) is 4.74 Å². The SMILES string of the molecule is Cc1ccc(F)cc1Oc1c(F)cc(C=O)cc1F. The number of aryl methyl sites for hydroxylation is 1. The number of benzene rings is 2. The molecule has 0 aliphatic carbocycles. The Kier molecular flexibility index (Phi) is 3.55. The molecule has 0 radical (unpaired) electrons. The summed E-state index contributed by atoms with van der Waals surface area (Å²) in [6, 6.07) is 5.37. The number of halogens is 3. The van der Waals surface area contributed by atoms with E-state index in [1.165, 1.54) is 12.1 Å². The molecule has 19 heavy (non-hydrogen) atoms. The second kappa shape index (κ2) is 5.14. The summed E-state index contributed by atoms with van der Waals surface area (Å²) < 4.78 is 45.3. The van der Waals surface area contributed by atoms with E-state index in [0.717, 1.165) is 18.2 Å². The Labute approximate surface area is 107 Å². The molecule has 0 aromatic heterocycles. The van der Waals surface area contributed by atoms with Crippen LogP contribution in [0.3, 0.4) is 0 Å². The standard InChI is InChI=1S/C14H9F3O2/c1-8-2-3-10(15)6-13(8)19-14-11(16)4-9(7-18)5-12(14)17/h2-7H,1H3. The lowest BCUT2D eigenvalue weighted by Gasteiger charge is -2.10. The summed E-state index contributed by atoms with van der Waals surface area (Å²) in [6.07, 6.45) is 0.323. The first-order valence-electron chi connectivity index (χ1n) is 5.39. The third kappa shape index (κ3) is 2.76. The van der Waals surface area contributed by atoms with Gasteiger partial charge in [-0.05, 0) is 30.7 Å². The van der Waals surface area contributed by atoms with Gasteiger partial charge in [-0.2, -0.15) is 0 Å². The van der Waals surface area contributed by atoms with Crippen LogP contribution < -0.4 is 4.74 Å². The Balaban J connectivity index is 2.43. The number of hydrogen-bond donors (Lipinski definition) is 0. The highest BCUT2D eigenvalue weighted by atomic mass is 19.1. The summed E-state index contributed by atoms with van der Waals surface area (Å²) in [5, 5.41) is 0. The van der Waals surface area contributed by atoms with E-state index in [9.17, 15) is 18.0 Å². The summed E-state index contributed by atoms with van der Waals surface area (Å²) in [7, 11) is 0. The topological polar surface area (TPSA) is 26.3 Å². The number of aldehydes is 1. The zero-order chi connectivity index (χ0) is 14.0. The number of carbonyl (C=O) groups excluding carboxylic acids is 1. The quantitative estimate of drug-likeness (QED) is 0.784. The maximum atomic E-state index is 13.6. The van der Waals surface area contributed by atoms with Gasteiger partial charge < -0.3 is 4.74 Å². The normalized spacial score (nSPS) is 10.3. The molecule has 0 N–H and O–H groups in total. The van der Waals surface area contributed by atoms with Crippen molar-refractivity contribution in [1.29, 1.82) is 0 Å². The van der Waals surface area contributed by atoms with Crippen LogP contribution in [0.2, 0.25) is 0 Å². The van der Waals surface area contributed by atoms with Crippen molar-refractivity contribution in [1.82, 2.24) is 0 Å². The molecule has 0 atom stereocenters. The molecule has 2 aromatic rings. The predicted molar refractivity (Wildman–Crippen MR) is 63.0 cm³/mol. The molecular formula is C14H9F3O2. The molecule has 0 aliphatic heterocycles. The number of rotatable bonds is 3. The fourth-order valence-corrected chi connectivity index (χ4v) is 1.54. The lowest BCUT2D eigenvalue weighted by molar-refractivity contribution is 0.112. The van der Waals surface area contributed by atoms with E-state index in [-0.39, 0.29) is 11.3 Å². The maximum absolute atomic E-state index is 13.6. The summed E-state index contributed by atoms with van der Waals surface area (Å²) in [4.78, 5) is 10.5. The van der Waals surface area contributed by atoms with Crippen LogP contribution >= 0.6 is 0 Å². The van der Waals surface area contributed by atoms with Gasteiger partial charge in [0, 0.05) is 11.6 Å². The zero-order valence-electron chi connectivity index (χ0n) is 9.91. The van der Waals surface area contributed by atoms with Crippen molar-refractivity contribution in [2.75, 3.05) is 0 Å². The van der Waals surface area contributed by atoms with Gasteiger partial charge in [0.05, 0.1) is 0 Å². The zero-order valence-corrected chi connectivity index (χ0v) is 9.91. The van der Waals surface area contributed by atoms with E-state index >= 15 is 0 Å². The second-order valence-electron chi connectivity index (χ2n) is 3.94. The molecule has 0 aliphatic rings. The fraction of sp³-hybridized carbons (Fsp3) is 0.0714.